The Kier molecular flexibility index (Phi) is 7.12. The Morgan fingerprint density at radius 3 is 2.67 bits per heavy atom. The molecular weight excluding hydrogens is 451 g/mol. The zero-order chi connectivity index (χ0) is 20.8. The summed E-state index contributed by atoms with van der Waals surface area (Å²) in [4.78, 5) is 4.63. The molecule has 0 atom stereocenters. The largest absolute Gasteiger partial charge is 0.492 e. The van der Waals surface area contributed by atoms with E-state index in [1.807, 2.05) is 0 Å². The maximum atomic E-state index is 13.1. The van der Waals surface area contributed by atoms with Crippen molar-refractivity contribution in [2.45, 2.75) is 19.3 Å². The fraction of sp³-hybridized carbons (Fsp3) is 0.391. The van der Waals surface area contributed by atoms with Gasteiger partial charge >= 0.3 is 0 Å². The summed E-state index contributed by atoms with van der Waals surface area (Å²) in [5, 5.41) is 0. The van der Waals surface area contributed by atoms with E-state index in [-0.39, 0.29) is 5.82 Å². The second kappa shape index (κ2) is 10.2. The maximum Gasteiger partial charge on any atom is 0.231 e. The normalized spacial score (nSPS) is 19.4. The van der Waals surface area contributed by atoms with Gasteiger partial charge in [0, 0.05) is 32.7 Å². The lowest BCUT2D eigenvalue weighted by Gasteiger charge is -2.36. The Balaban J connectivity index is 1.15. The number of rotatable bonds is 7. The fourth-order valence-electron chi connectivity index (χ4n) is 3.65. The molecule has 30 heavy (non-hydrogen) atoms. The van der Waals surface area contributed by atoms with E-state index in [0.717, 1.165) is 63.6 Å². The highest BCUT2D eigenvalue weighted by Gasteiger charge is 2.22. The Bertz CT molecular complexity index is 873. The van der Waals surface area contributed by atoms with Gasteiger partial charge in [-0.3, -0.25) is 4.90 Å². The van der Waals surface area contributed by atoms with Crippen molar-refractivity contribution in [1.82, 2.24) is 9.80 Å². The van der Waals surface area contributed by atoms with E-state index in [1.54, 1.807) is 18.6 Å². The lowest BCUT2D eigenvalue weighted by molar-refractivity contribution is 0.0823. The van der Waals surface area contributed by atoms with Gasteiger partial charge in [0.1, 0.15) is 17.8 Å². The molecule has 7 heteroatoms. The standard InChI is InChI=1S/C23H26BrFN2O3/c24-20-15-19(25)7-8-21(20)28-14-4-9-26-10-12-27(13-11-26)23-17-29-22(16-30-23)18-5-2-1-3-6-18/h1-2,5,7-8,15-17H,3-4,6,9-14H2. The molecule has 1 aliphatic carbocycles. The summed E-state index contributed by atoms with van der Waals surface area (Å²) in [6.07, 6.45) is 12.7. The smallest absolute Gasteiger partial charge is 0.231 e. The van der Waals surface area contributed by atoms with E-state index in [1.165, 1.54) is 17.7 Å². The van der Waals surface area contributed by atoms with Crippen LogP contribution in [-0.4, -0.2) is 49.1 Å². The molecule has 1 saturated heterocycles. The number of benzene rings is 1. The van der Waals surface area contributed by atoms with Crippen LogP contribution in [0, 0.1) is 5.82 Å². The van der Waals surface area contributed by atoms with E-state index in [4.69, 9.17) is 14.2 Å². The van der Waals surface area contributed by atoms with E-state index in [9.17, 15) is 4.39 Å². The van der Waals surface area contributed by atoms with Crippen molar-refractivity contribution in [2.24, 2.45) is 0 Å². The van der Waals surface area contributed by atoms with Crippen molar-refractivity contribution >= 4 is 15.9 Å². The summed E-state index contributed by atoms with van der Waals surface area (Å²) in [6.45, 7) is 5.29. The van der Waals surface area contributed by atoms with Crippen LogP contribution in [0.4, 0.5) is 4.39 Å². The van der Waals surface area contributed by atoms with Crippen LogP contribution in [0.15, 0.2) is 70.6 Å². The molecule has 0 spiro atoms. The molecule has 0 amide bonds. The highest BCUT2D eigenvalue weighted by molar-refractivity contribution is 9.10. The molecule has 2 aliphatic heterocycles. The molecule has 1 aromatic carbocycles. The molecule has 0 N–H and O–H groups in total. The number of piperazine rings is 1. The van der Waals surface area contributed by atoms with Gasteiger partial charge in [-0.1, -0.05) is 18.2 Å². The van der Waals surface area contributed by atoms with Crippen molar-refractivity contribution in [3.8, 4) is 5.75 Å². The molecule has 0 aromatic heterocycles. The van der Waals surface area contributed by atoms with Crippen LogP contribution < -0.4 is 4.74 Å². The summed E-state index contributed by atoms with van der Waals surface area (Å²) < 4.78 is 31.2. The number of halogens is 2. The van der Waals surface area contributed by atoms with Gasteiger partial charge in [0.05, 0.1) is 11.1 Å². The van der Waals surface area contributed by atoms with Gasteiger partial charge in [-0.2, -0.15) is 0 Å². The fourth-order valence-corrected chi connectivity index (χ4v) is 4.11. The predicted molar refractivity (Wildman–Crippen MR) is 117 cm³/mol. The van der Waals surface area contributed by atoms with E-state index < -0.39 is 0 Å². The topological polar surface area (TPSA) is 34.2 Å². The van der Waals surface area contributed by atoms with Gasteiger partial charge in [-0.05, 0) is 59.0 Å². The first-order valence-corrected chi connectivity index (χ1v) is 11.1. The van der Waals surface area contributed by atoms with Crippen LogP contribution in [-0.2, 0) is 9.47 Å². The van der Waals surface area contributed by atoms with E-state index in [2.05, 4.69) is 44.0 Å². The van der Waals surface area contributed by atoms with Gasteiger partial charge in [-0.15, -0.1) is 0 Å². The molecule has 4 rings (SSSR count). The summed E-state index contributed by atoms with van der Waals surface area (Å²) >= 11 is 3.33. The third-order valence-electron chi connectivity index (χ3n) is 5.36. The summed E-state index contributed by atoms with van der Waals surface area (Å²) in [6, 6.07) is 4.48. The zero-order valence-corrected chi connectivity index (χ0v) is 18.4. The minimum atomic E-state index is -0.274. The van der Waals surface area contributed by atoms with Gasteiger partial charge in [-0.25, -0.2) is 4.39 Å². The first kappa shape index (κ1) is 21.0. The summed E-state index contributed by atoms with van der Waals surface area (Å²) in [5.74, 6) is 1.98. The number of nitrogens with zero attached hydrogens (tertiary/aromatic N) is 2. The van der Waals surface area contributed by atoms with E-state index in [0.29, 0.717) is 16.8 Å². The molecular formula is C23H26BrFN2O3. The number of hydrogen-bond acceptors (Lipinski definition) is 5. The van der Waals surface area contributed by atoms with Crippen LogP contribution >= 0.6 is 15.9 Å². The first-order chi connectivity index (χ1) is 14.7. The molecule has 1 fully saturated rings. The van der Waals surface area contributed by atoms with Gasteiger partial charge in [0.25, 0.3) is 0 Å². The second-order valence-electron chi connectivity index (χ2n) is 7.44. The number of ether oxygens (including phenoxy) is 3. The van der Waals surface area contributed by atoms with Crippen LogP contribution in [0.2, 0.25) is 0 Å². The minimum Gasteiger partial charge on any atom is -0.492 e. The molecule has 5 nitrogen and oxygen atoms in total. The molecule has 1 aromatic rings. The maximum absolute atomic E-state index is 13.1. The molecule has 0 unspecified atom stereocenters. The lowest BCUT2D eigenvalue weighted by Crippen LogP contribution is -2.46. The monoisotopic (exact) mass is 476 g/mol. The number of hydrogen-bond donors (Lipinski definition) is 0. The van der Waals surface area contributed by atoms with Crippen LogP contribution in [0.3, 0.4) is 0 Å². The zero-order valence-electron chi connectivity index (χ0n) is 16.9. The van der Waals surface area contributed by atoms with Crippen molar-refractivity contribution in [1.29, 1.82) is 0 Å². The summed E-state index contributed by atoms with van der Waals surface area (Å²) in [7, 11) is 0. The van der Waals surface area contributed by atoms with Crippen molar-refractivity contribution in [3.63, 3.8) is 0 Å². The average molecular weight is 477 g/mol. The van der Waals surface area contributed by atoms with Gasteiger partial charge in [0.15, 0.2) is 12.0 Å². The Labute approximate surface area is 185 Å². The molecule has 0 saturated carbocycles. The van der Waals surface area contributed by atoms with E-state index >= 15 is 0 Å². The third kappa shape index (κ3) is 5.46. The van der Waals surface area contributed by atoms with Crippen LogP contribution in [0.5, 0.6) is 5.75 Å². The average Bonchev–Trinajstić information content (AvgIpc) is 2.79. The second-order valence-corrected chi connectivity index (χ2v) is 8.29. The third-order valence-corrected chi connectivity index (χ3v) is 5.98. The van der Waals surface area contributed by atoms with Crippen LogP contribution in [0.1, 0.15) is 19.3 Å². The molecule has 160 valence electrons. The predicted octanol–water partition coefficient (Wildman–Crippen LogP) is 4.94. The lowest BCUT2D eigenvalue weighted by atomic mass is 10.0. The molecule has 0 bridgehead atoms. The first-order valence-electron chi connectivity index (χ1n) is 10.3. The van der Waals surface area contributed by atoms with Crippen molar-refractivity contribution in [3.05, 3.63) is 76.5 Å². The van der Waals surface area contributed by atoms with Gasteiger partial charge < -0.3 is 19.1 Å². The van der Waals surface area contributed by atoms with Crippen molar-refractivity contribution in [2.75, 3.05) is 39.3 Å². The quantitative estimate of drug-likeness (QED) is 0.520. The molecule has 3 aliphatic rings. The number of allylic oxidation sites excluding steroid dienone is 4. The molecule has 2 heterocycles. The van der Waals surface area contributed by atoms with Crippen LogP contribution in [0.25, 0.3) is 0 Å². The highest BCUT2D eigenvalue weighted by atomic mass is 79.9. The Morgan fingerprint density at radius 1 is 1.10 bits per heavy atom. The van der Waals surface area contributed by atoms with Crippen molar-refractivity contribution < 1.29 is 18.6 Å². The van der Waals surface area contributed by atoms with Gasteiger partial charge in [0.2, 0.25) is 5.88 Å². The minimum absolute atomic E-state index is 0.274. The Hall–Kier alpha value is -2.25. The summed E-state index contributed by atoms with van der Waals surface area (Å²) in [5.41, 5.74) is 1.17. The Morgan fingerprint density at radius 2 is 1.97 bits per heavy atom. The SMILES string of the molecule is Fc1ccc(OCCCN2CCN(C3=COC(C4=CC=CCC4)=CO3)CC2)c(Br)c1. The highest BCUT2D eigenvalue weighted by Crippen LogP contribution is 2.27. The molecule has 0 radical (unpaired) electrons.